The van der Waals surface area contributed by atoms with Crippen molar-refractivity contribution in [2.75, 3.05) is 37.8 Å². The Hall–Kier alpha value is -4.01. The Morgan fingerprint density at radius 1 is 1.18 bits per heavy atom. The Bertz CT molecular complexity index is 1850. The lowest BCUT2D eigenvalue weighted by Gasteiger charge is -2.36. The Kier molecular flexibility index (Phi) is 8.55. The van der Waals surface area contributed by atoms with E-state index >= 15 is 0 Å². The fraction of sp³-hybridized carbons (Fsp3) is 0.419. The van der Waals surface area contributed by atoms with E-state index in [4.69, 9.17) is 9.47 Å². The van der Waals surface area contributed by atoms with Crippen LogP contribution in [0.25, 0.3) is 5.65 Å². The molecule has 3 aromatic heterocycles. The van der Waals surface area contributed by atoms with Gasteiger partial charge in [0.15, 0.2) is 5.65 Å². The number of fused-ring (bicyclic) bond motifs is 4. The summed E-state index contributed by atoms with van der Waals surface area (Å²) in [5.41, 5.74) is 3.97. The van der Waals surface area contributed by atoms with E-state index < -0.39 is 34.2 Å². The molecule has 4 aromatic rings. The Balaban J connectivity index is 1.40. The second-order valence-corrected chi connectivity index (χ2v) is 13.1. The summed E-state index contributed by atoms with van der Waals surface area (Å²) in [7, 11) is -3.92. The predicted molar refractivity (Wildman–Crippen MR) is 161 cm³/mol. The fourth-order valence-electron chi connectivity index (χ4n) is 6.21. The van der Waals surface area contributed by atoms with Gasteiger partial charge in [-0.2, -0.15) is 4.31 Å². The summed E-state index contributed by atoms with van der Waals surface area (Å²) in [6.45, 7) is 7.30. The van der Waals surface area contributed by atoms with Crippen LogP contribution in [0.5, 0.6) is 0 Å². The molecule has 11 nitrogen and oxygen atoms in total. The zero-order valence-corrected chi connectivity index (χ0v) is 26.0. The van der Waals surface area contributed by atoms with Crippen molar-refractivity contribution in [3.05, 3.63) is 82.4 Å². The molecule has 2 aliphatic rings. The first-order valence-electron chi connectivity index (χ1n) is 14.8. The highest BCUT2D eigenvalue weighted by Gasteiger charge is 2.39. The average molecular weight is 641 g/mol. The number of sulfonamides is 1. The topological polar surface area (TPSA) is 119 Å². The number of aryl methyl sites for hydroxylation is 2. The summed E-state index contributed by atoms with van der Waals surface area (Å²) in [6, 6.07) is 10.4. The first-order chi connectivity index (χ1) is 21.6. The van der Waals surface area contributed by atoms with Crippen LogP contribution >= 0.6 is 0 Å². The molecule has 1 unspecified atom stereocenters. The minimum Gasteiger partial charge on any atom is -0.466 e. The molecule has 1 saturated heterocycles. The van der Waals surface area contributed by atoms with Gasteiger partial charge in [-0.1, -0.05) is 18.2 Å². The van der Waals surface area contributed by atoms with Gasteiger partial charge in [0.1, 0.15) is 10.7 Å². The monoisotopic (exact) mass is 640 g/mol. The van der Waals surface area contributed by atoms with Gasteiger partial charge in [-0.15, -0.1) is 10.2 Å². The van der Waals surface area contributed by atoms with Crippen molar-refractivity contribution >= 4 is 27.5 Å². The summed E-state index contributed by atoms with van der Waals surface area (Å²) in [5.74, 6) is -0.970. The maximum absolute atomic E-state index is 14.0. The van der Waals surface area contributed by atoms with Crippen LogP contribution in [-0.2, 0) is 30.8 Å². The third kappa shape index (κ3) is 5.77. The molecule has 14 heteroatoms. The van der Waals surface area contributed by atoms with Gasteiger partial charge >= 0.3 is 5.97 Å². The van der Waals surface area contributed by atoms with Crippen molar-refractivity contribution in [1.29, 1.82) is 0 Å². The van der Waals surface area contributed by atoms with E-state index in [1.54, 1.807) is 38.2 Å². The number of hydrogen-bond acceptors (Lipinski definition) is 9. The maximum Gasteiger partial charge on any atom is 0.306 e. The van der Waals surface area contributed by atoms with Gasteiger partial charge in [0.05, 0.1) is 32.3 Å². The molecule has 5 heterocycles. The van der Waals surface area contributed by atoms with Crippen molar-refractivity contribution < 1.29 is 31.5 Å². The number of ether oxygens (including phenoxy) is 2. The SMILES string of the molecule is CCOC(=O)CC(c1ccc(C)c(CN2C[C@@H]3COCCN3c3ncccc3S2(=O)=O)c1)c1ccn2c(C(F)F)nnc2c1C. The van der Waals surface area contributed by atoms with Crippen molar-refractivity contribution in [3.8, 4) is 0 Å². The average Bonchev–Trinajstić information content (AvgIpc) is 3.44. The number of pyridine rings is 2. The molecule has 0 N–H and O–H groups in total. The number of nitrogens with zero attached hydrogens (tertiary/aromatic N) is 6. The van der Waals surface area contributed by atoms with E-state index in [1.807, 2.05) is 30.0 Å². The molecular formula is C31H34F2N6O5S. The Labute approximate surface area is 259 Å². The van der Waals surface area contributed by atoms with Crippen LogP contribution in [-0.4, -0.2) is 77.2 Å². The molecule has 0 saturated carbocycles. The summed E-state index contributed by atoms with van der Waals surface area (Å²) in [5, 5.41) is 7.67. The number of hydrogen-bond donors (Lipinski definition) is 0. The number of alkyl halides is 2. The van der Waals surface area contributed by atoms with Crippen LogP contribution in [0.2, 0.25) is 0 Å². The summed E-state index contributed by atoms with van der Waals surface area (Å²) in [6.07, 6.45) is 0.268. The van der Waals surface area contributed by atoms with Gasteiger partial charge in [-0.25, -0.2) is 22.2 Å². The minimum absolute atomic E-state index is 0.0153. The molecule has 2 aliphatic heterocycles. The van der Waals surface area contributed by atoms with E-state index in [0.717, 1.165) is 16.7 Å². The number of benzene rings is 1. The van der Waals surface area contributed by atoms with E-state index in [0.29, 0.717) is 36.7 Å². The number of rotatable bonds is 8. The van der Waals surface area contributed by atoms with E-state index in [9.17, 15) is 22.0 Å². The third-order valence-corrected chi connectivity index (χ3v) is 10.4. The minimum atomic E-state index is -3.92. The van der Waals surface area contributed by atoms with Crippen LogP contribution in [0.4, 0.5) is 14.6 Å². The van der Waals surface area contributed by atoms with Crippen LogP contribution in [0, 0.1) is 13.8 Å². The first kappa shape index (κ1) is 31.0. The standard InChI is InChI=1S/C31H34F2N6O5S/c1-4-44-27(40)15-25(24-9-11-39-29(20(24)3)35-36-31(39)28(32)33)21-8-7-19(2)22(14-21)16-37-17-23-18-43-13-12-38(23)30-26(45(37,41)42)6-5-10-34-30/h5-11,14,23,25,28H,4,12-13,15-18H2,1-3H3/t23-,25?/m1/s1. The molecule has 0 bridgehead atoms. The molecular weight excluding hydrogens is 606 g/mol. The number of halogens is 2. The predicted octanol–water partition coefficient (Wildman–Crippen LogP) is 4.17. The van der Waals surface area contributed by atoms with Gasteiger partial charge < -0.3 is 14.4 Å². The number of morpholine rings is 1. The van der Waals surface area contributed by atoms with E-state index in [-0.39, 0.29) is 42.7 Å². The summed E-state index contributed by atoms with van der Waals surface area (Å²) in [4.78, 5) is 19.5. The third-order valence-electron chi connectivity index (χ3n) is 8.55. The lowest BCUT2D eigenvalue weighted by atomic mass is 9.85. The van der Waals surface area contributed by atoms with Gasteiger partial charge in [0.25, 0.3) is 6.43 Å². The lowest BCUT2D eigenvalue weighted by molar-refractivity contribution is -0.143. The molecule has 238 valence electrons. The lowest BCUT2D eigenvalue weighted by Crippen LogP contribution is -2.50. The second kappa shape index (κ2) is 12.4. The first-order valence-corrected chi connectivity index (χ1v) is 16.2. The van der Waals surface area contributed by atoms with E-state index in [2.05, 4.69) is 15.2 Å². The van der Waals surface area contributed by atoms with Crippen molar-refractivity contribution in [3.63, 3.8) is 0 Å². The number of aromatic nitrogens is 4. The summed E-state index contributed by atoms with van der Waals surface area (Å²) < 4.78 is 68.9. The quantitative estimate of drug-likeness (QED) is 0.262. The largest absolute Gasteiger partial charge is 0.466 e. The highest BCUT2D eigenvalue weighted by molar-refractivity contribution is 7.89. The molecule has 1 fully saturated rings. The van der Waals surface area contributed by atoms with Crippen LogP contribution < -0.4 is 4.90 Å². The number of esters is 1. The van der Waals surface area contributed by atoms with Gasteiger partial charge in [0, 0.05) is 37.9 Å². The van der Waals surface area contributed by atoms with Gasteiger partial charge in [-0.05, 0) is 66.8 Å². The zero-order valence-electron chi connectivity index (χ0n) is 25.2. The molecule has 0 aliphatic carbocycles. The Morgan fingerprint density at radius 2 is 2.00 bits per heavy atom. The van der Waals surface area contributed by atoms with Crippen molar-refractivity contribution in [1.82, 2.24) is 23.9 Å². The van der Waals surface area contributed by atoms with Crippen molar-refractivity contribution in [2.45, 2.75) is 57.0 Å². The molecule has 0 amide bonds. The highest BCUT2D eigenvalue weighted by Crippen LogP contribution is 2.36. The maximum atomic E-state index is 14.0. The smallest absolute Gasteiger partial charge is 0.306 e. The molecule has 0 radical (unpaired) electrons. The van der Waals surface area contributed by atoms with Crippen LogP contribution in [0.15, 0.2) is 53.7 Å². The van der Waals surface area contributed by atoms with Crippen LogP contribution in [0.1, 0.15) is 59.3 Å². The van der Waals surface area contributed by atoms with Crippen molar-refractivity contribution in [2.24, 2.45) is 0 Å². The highest BCUT2D eigenvalue weighted by atomic mass is 32.2. The van der Waals surface area contributed by atoms with Gasteiger partial charge in [0.2, 0.25) is 15.8 Å². The number of carbonyl (C=O) groups is 1. The van der Waals surface area contributed by atoms with Crippen LogP contribution in [0.3, 0.4) is 0 Å². The normalized spacial score (nSPS) is 18.8. The second-order valence-electron chi connectivity index (χ2n) is 11.2. The Morgan fingerprint density at radius 3 is 2.78 bits per heavy atom. The molecule has 45 heavy (non-hydrogen) atoms. The molecule has 2 atom stereocenters. The van der Waals surface area contributed by atoms with Gasteiger partial charge in [-0.3, -0.25) is 9.20 Å². The molecule has 1 aromatic carbocycles. The summed E-state index contributed by atoms with van der Waals surface area (Å²) >= 11 is 0. The number of carbonyl (C=O) groups excluding carboxylic acids is 1. The zero-order chi connectivity index (χ0) is 31.9. The molecule has 6 rings (SSSR count). The fourth-order valence-corrected chi connectivity index (χ4v) is 7.82. The number of anilines is 1. The molecule has 0 spiro atoms. The van der Waals surface area contributed by atoms with E-state index in [1.165, 1.54) is 14.9 Å².